The van der Waals surface area contributed by atoms with Crippen molar-refractivity contribution in [1.82, 2.24) is 0 Å². The van der Waals surface area contributed by atoms with Gasteiger partial charge in [-0.1, -0.05) is 6.07 Å². The van der Waals surface area contributed by atoms with Crippen LogP contribution < -0.4 is 15.2 Å². The average Bonchev–Trinajstić information content (AvgIpc) is 2.36. The van der Waals surface area contributed by atoms with Gasteiger partial charge >= 0.3 is 0 Å². The molecule has 1 aromatic rings. The van der Waals surface area contributed by atoms with Crippen LogP contribution in [0.1, 0.15) is 18.9 Å². The molecule has 0 fully saturated rings. The second kappa shape index (κ2) is 7.14. The van der Waals surface area contributed by atoms with E-state index in [0.717, 1.165) is 23.5 Å². The lowest BCUT2D eigenvalue weighted by atomic mass is 10.1. The molecule has 0 bridgehead atoms. The number of benzene rings is 1. The van der Waals surface area contributed by atoms with Gasteiger partial charge in [-0.2, -0.15) is 0 Å². The van der Waals surface area contributed by atoms with E-state index in [1.54, 1.807) is 7.11 Å². The molecule has 0 aromatic heterocycles. The van der Waals surface area contributed by atoms with E-state index in [9.17, 15) is 5.11 Å². The van der Waals surface area contributed by atoms with E-state index in [2.05, 4.69) is 0 Å². The Morgan fingerprint density at radius 1 is 1.35 bits per heavy atom. The number of nitrogens with two attached hydrogens (primary N) is 1. The molecule has 1 atom stereocenters. The quantitative estimate of drug-likeness (QED) is 0.753. The summed E-state index contributed by atoms with van der Waals surface area (Å²) in [6, 6.07) is 5.81. The third-order valence-corrected chi connectivity index (χ3v) is 2.57. The maximum Gasteiger partial charge on any atom is 0.161 e. The highest BCUT2D eigenvalue weighted by Gasteiger charge is 2.07. The maximum absolute atomic E-state index is 9.41. The number of rotatable bonds is 7. The van der Waals surface area contributed by atoms with Crippen LogP contribution in [0.3, 0.4) is 0 Å². The lowest BCUT2D eigenvalue weighted by Crippen LogP contribution is -2.20. The van der Waals surface area contributed by atoms with Crippen molar-refractivity contribution in [2.24, 2.45) is 5.73 Å². The molecule has 0 amide bonds. The zero-order valence-electron chi connectivity index (χ0n) is 10.5. The van der Waals surface area contributed by atoms with Gasteiger partial charge in [0.1, 0.15) is 0 Å². The number of ether oxygens (including phenoxy) is 2. The molecule has 0 saturated carbocycles. The molecular formula is C13H21NO3. The van der Waals surface area contributed by atoms with E-state index in [1.807, 2.05) is 25.1 Å². The smallest absolute Gasteiger partial charge is 0.161 e. The van der Waals surface area contributed by atoms with Crippen molar-refractivity contribution < 1.29 is 14.6 Å². The molecule has 17 heavy (non-hydrogen) atoms. The molecule has 1 aromatic carbocycles. The normalized spacial score (nSPS) is 12.2. The molecule has 3 N–H and O–H groups in total. The number of aliphatic hydroxyl groups is 1. The summed E-state index contributed by atoms with van der Waals surface area (Å²) in [5.41, 5.74) is 6.48. The van der Waals surface area contributed by atoms with Crippen molar-refractivity contribution in [3.8, 4) is 11.5 Å². The van der Waals surface area contributed by atoms with Crippen LogP contribution in [0.2, 0.25) is 0 Å². The molecule has 4 nitrogen and oxygen atoms in total. The Morgan fingerprint density at radius 3 is 2.71 bits per heavy atom. The number of aryl methyl sites for hydroxylation is 1. The Labute approximate surface area is 102 Å². The molecule has 0 aliphatic rings. The topological polar surface area (TPSA) is 64.7 Å². The van der Waals surface area contributed by atoms with E-state index < -0.39 is 6.10 Å². The first-order chi connectivity index (χ1) is 8.21. The van der Waals surface area contributed by atoms with E-state index in [-0.39, 0.29) is 0 Å². The van der Waals surface area contributed by atoms with Gasteiger partial charge in [-0.05, 0) is 37.5 Å². The molecule has 0 spiro atoms. The predicted molar refractivity (Wildman–Crippen MR) is 67.5 cm³/mol. The van der Waals surface area contributed by atoms with Crippen molar-refractivity contribution >= 4 is 0 Å². The summed E-state index contributed by atoms with van der Waals surface area (Å²) in [6.45, 7) is 2.84. The monoisotopic (exact) mass is 239 g/mol. The maximum atomic E-state index is 9.41. The van der Waals surface area contributed by atoms with Crippen molar-refractivity contribution in [2.45, 2.75) is 25.9 Å². The van der Waals surface area contributed by atoms with Crippen molar-refractivity contribution in [1.29, 1.82) is 0 Å². The van der Waals surface area contributed by atoms with Crippen molar-refractivity contribution in [3.63, 3.8) is 0 Å². The van der Waals surface area contributed by atoms with Gasteiger partial charge in [0.05, 0.1) is 19.8 Å². The summed E-state index contributed by atoms with van der Waals surface area (Å²) in [4.78, 5) is 0. The second-order valence-corrected chi connectivity index (χ2v) is 3.85. The summed E-state index contributed by atoms with van der Waals surface area (Å²) in [5.74, 6) is 1.48. The molecule has 0 radical (unpaired) electrons. The minimum Gasteiger partial charge on any atom is -0.493 e. The van der Waals surface area contributed by atoms with Gasteiger partial charge in [0.25, 0.3) is 0 Å². The molecule has 0 heterocycles. The van der Waals surface area contributed by atoms with Crippen LogP contribution in [-0.2, 0) is 6.42 Å². The fraction of sp³-hybridized carbons (Fsp3) is 0.538. The Hall–Kier alpha value is -1.26. The summed E-state index contributed by atoms with van der Waals surface area (Å²) < 4.78 is 10.7. The zero-order valence-corrected chi connectivity index (χ0v) is 10.5. The minimum atomic E-state index is -0.437. The molecule has 1 rings (SSSR count). The van der Waals surface area contributed by atoms with Crippen LogP contribution in [0, 0.1) is 0 Å². The highest BCUT2D eigenvalue weighted by molar-refractivity contribution is 5.43. The Kier molecular flexibility index (Phi) is 5.80. The van der Waals surface area contributed by atoms with Crippen LogP contribution in [-0.4, -0.2) is 31.5 Å². The SMILES string of the molecule is CCOc1cc(CCC(O)CN)ccc1OC. The number of hydrogen-bond donors (Lipinski definition) is 2. The highest BCUT2D eigenvalue weighted by Crippen LogP contribution is 2.28. The average molecular weight is 239 g/mol. The van der Waals surface area contributed by atoms with Crippen molar-refractivity contribution in [2.75, 3.05) is 20.3 Å². The van der Waals surface area contributed by atoms with Gasteiger partial charge in [0, 0.05) is 6.54 Å². The lowest BCUT2D eigenvalue weighted by molar-refractivity contribution is 0.173. The van der Waals surface area contributed by atoms with Gasteiger partial charge in [-0.3, -0.25) is 0 Å². The van der Waals surface area contributed by atoms with Gasteiger partial charge in [-0.25, -0.2) is 0 Å². The fourth-order valence-electron chi connectivity index (χ4n) is 1.60. The minimum absolute atomic E-state index is 0.300. The van der Waals surface area contributed by atoms with Crippen LogP contribution in [0.4, 0.5) is 0 Å². The van der Waals surface area contributed by atoms with Gasteiger partial charge in [-0.15, -0.1) is 0 Å². The van der Waals surface area contributed by atoms with Crippen LogP contribution in [0.25, 0.3) is 0 Å². The van der Waals surface area contributed by atoms with E-state index >= 15 is 0 Å². The largest absolute Gasteiger partial charge is 0.493 e. The summed E-state index contributed by atoms with van der Waals surface area (Å²) in [5, 5.41) is 9.41. The number of aliphatic hydroxyl groups excluding tert-OH is 1. The molecule has 0 saturated heterocycles. The van der Waals surface area contributed by atoms with Gasteiger partial charge < -0.3 is 20.3 Å². The molecule has 4 heteroatoms. The van der Waals surface area contributed by atoms with Gasteiger partial charge in [0.15, 0.2) is 11.5 Å². The second-order valence-electron chi connectivity index (χ2n) is 3.85. The first-order valence-corrected chi connectivity index (χ1v) is 5.89. The van der Waals surface area contributed by atoms with E-state index in [0.29, 0.717) is 19.6 Å². The summed E-state index contributed by atoms with van der Waals surface area (Å²) in [7, 11) is 1.62. The Bertz CT molecular complexity index is 341. The Morgan fingerprint density at radius 2 is 2.12 bits per heavy atom. The third-order valence-electron chi connectivity index (χ3n) is 2.57. The van der Waals surface area contributed by atoms with Crippen LogP contribution in [0.5, 0.6) is 11.5 Å². The predicted octanol–water partition coefficient (Wildman–Crippen LogP) is 1.35. The van der Waals surface area contributed by atoms with E-state index in [4.69, 9.17) is 15.2 Å². The highest BCUT2D eigenvalue weighted by atomic mass is 16.5. The molecular weight excluding hydrogens is 218 g/mol. The third kappa shape index (κ3) is 4.24. The Balaban J connectivity index is 2.70. The van der Waals surface area contributed by atoms with Gasteiger partial charge in [0.2, 0.25) is 0 Å². The fourth-order valence-corrected chi connectivity index (χ4v) is 1.60. The zero-order chi connectivity index (χ0) is 12.7. The number of hydrogen-bond acceptors (Lipinski definition) is 4. The molecule has 0 aliphatic heterocycles. The first-order valence-electron chi connectivity index (χ1n) is 5.89. The standard InChI is InChI=1S/C13H21NO3/c1-3-17-13-8-10(4-6-11(15)9-14)5-7-12(13)16-2/h5,7-8,11,15H,3-4,6,9,14H2,1-2H3. The van der Waals surface area contributed by atoms with Crippen LogP contribution in [0.15, 0.2) is 18.2 Å². The lowest BCUT2D eigenvalue weighted by Gasteiger charge is -2.12. The molecule has 1 unspecified atom stereocenters. The summed E-state index contributed by atoms with van der Waals surface area (Å²) in [6.07, 6.45) is 1.00. The van der Waals surface area contributed by atoms with Crippen LogP contribution >= 0.6 is 0 Å². The van der Waals surface area contributed by atoms with E-state index in [1.165, 1.54) is 0 Å². The number of methoxy groups -OCH3 is 1. The molecule has 96 valence electrons. The summed E-state index contributed by atoms with van der Waals surface area (Å²) >= 11 is 0. The van der Waals surface area contributed by atoms with Crippen molar-refractivity contribution in [3.05, 3.63) is 23.8 Å². The first kappa shape index (κ1) is 13.8. The molecule has 0 aliphatic carbocycles.